The maximum atomic E-state index is 13.2. The average Bonchev–Trinajstić information content (AvgIpc) is 3.13. The average molecular weight is 556 g/mol. The zero-order valence-corrected chi connectivity index (χ0v) is 20.9. The summed E-state index contributed by atoms with van der Waals surface area (Å²) < 4.78 is 19.7. The topological polar surface area (TPSA) is 85.0 Å². The number of halogens is 2. The van der Waals surface area contributed by atoms with E-state index in [1.807, 2.05) is 19.1 Å². The Hall–Kier alpha value is -3.50. The molecule has 1 aliphatic rings. The second-order valence-electron chi connectivity index (χ2n) is 7.44. The van der Waals surface area contributed by atoms with Crippen molar-refractivity contribution in [2.45, 2.75) is 13.5 Å². The quantitative estimate of drug-likeness (QED) is 0.184. The van der Waals surface area contributed by atoms with Gasteiger partial charge in [-0.2, -0.15) is 0 Å². The van der Waals surface area contributed by atoms with Crippen LogP contribution in [0.25, 0.3) is 6.08 Å². The van der Waals surface area contributed by atoms with Crippen molar-refractivity contribution in [3.63, 3.8) is 0 Å². The molecule has 4 rings (SSSR count). The molecule has 35 heavy (non-hydrogen) atoms. The highest BCUT2D eigenvalue weighted by Gasteiger charge is 2.32. The maximum Gasteiger partial charge on any atom is 0.269 e. The highest BCUT2D eigenvalue weighted by atomic mass is 79.9. The number of nitro benzene ring substituents is 1. The fraction of sp³-hybridized carbons (Fsp3) is 0.120. The summed E-state index contributed by atoms with van der Waals surface area (Å²) in [7, 11) is 0. The lowest BCUT2D eigenvalue weighted by Gasteiger charge is -2.12. The van der Waals surface area contributed by atoms with Gasteiger partial charge in [-0.05, 0) is 88.2 Å². The van der Waals surface area contributed by atoms with Crippen molar-refractivity contribution in [2.75, 3.05) is 6.54 Å². The summed E-state index contributed by atoms with van der Waals surface area (Å²) >= 11 is 4.75. The Morgan fingerprint density at radius 2 is 1.94 bits per heavy atom. The first-order valence-corrected chi connectivity index (χ1v) is 12.2. The Balaban J connectivity index is 1.50. The van der Waals surface area contributed by atoms with Crippen LogP contribution in [0.5, 0.6) is 5.75 Å². The van der Waals surface area contributed by atoms with Gasteiger partial charge in [-0.25, -0.2) is 9.38 Å². The lowest BCUT2D eigenvalue weighted by molar-refractivity contribution is -0.384. The summed E-state index contributed by atoms with van der Waals surface area (Å²) in [5.41, 5.74) is 2.04. The molecule has 0 spiro atoms. The highest BCUT2D eigenvalue weighted by molar-refractivity contribution is 9.10. The van der Waals surface area contributed by atoms with Crippen molar-refractivity contribution in [2.24, 2.45) is 4.99 Å². The molecule has 0 radical (unpaired) electrons. The number of likely N-dealkylation sites (N-methyl/N-ethyl adjacent to an activating group) is 1. The number of nitro groups is 1. The minimum Gasteiger partial charge on any atom is -0.488 e. The Bertz CT molecular complexity index is 1340. The highest BCUT2D eigenvalue weighted by Crippen LogP contribution is 2.35. The van der Waals surface area contributed by atoms with Gasteiger partial charge >= 0.3 is 0 Å². The third-order valence-electron chi connectivity index (χ3n) is 5.03. The number of hydrogen-bond donors (Lipinski definition) is 0. The first-order chi connectivity index (χ1) is 16.8. The van der Waals surface area contributed by atoms with Crippen LogP contribution < -0.4 is 4.74 Å². The lowest BCUT2D eigenvalue weighted by Crippen LogP contribution is -2.28. The summed E-state index contributed by atoms with van der Waals surface area (Å²) in [4.78, 5) is 30.0. The van der Waals surface area contributed by atoms with E-state index in [1.54, 1.807) is 41.3 Å². The van der Waals surface area contributed by atoms with E-state index in [1.165, 1.54) is 36.0 Å². The number of nitrogens with zero attached hydrogens (tertiary/aromatic N) is 3. The third-order valence-corrected chi connectivity index (χ3v) is 6.65. The molecule has 0 aliphatic carbocycles. The predicted molar refractivity (Wildman–Crippen MR) is 138 cm³/mol. The number of thioether (sulfide) groups is 1. The van der Waals surface area contributed by atoms with Crippen molar-refractivity contribution in [3.8, 4) is 5.75 Å². The van der Waals surface area contributed by atoms with Gasteiger partial charge in [-0.3, -0.25) is 19.8 Å². The van der Waals surface area contributed by atoms with Crippen molar-refractivity contribution in [3.05, 3.63) is 103 Å². The van der Waals surface area contributed by atoms with Crippen LogP contribution in [-0.2, 0) is 11.4 Å². The molecule has 1 saturated heterocycles. The molecule has 0 atom stereocenters. The standard InChI is InChI=1S/C25H19BrFN3O4S/c1-2-29-24(31)23(35-25(29)28-19-9-7-18(27)8-10-19)14-16-6-11-22(21(26)13-16)34-15-17-4-3-5-20(12-17)30(32)33/h3-14H,2,15H2,1H3/b23-14+,28-25?. The molecule has 7 nitrogen and oxygen atoms in total. The number of benzene rings is 3. The number of rotatable bonds is 7. The number of ether oxygens (including phenoxy) is 1. The number of non-ortho nitro benzene ring substituents is 1. The monoisotopic (exact) mass is 555 g/mol. The van der Waals surface area contributed by atoms with E-state index in [9.17, 15) is 19.3 Å². The Morgan fingerprint density at radius 3 is 2.63 bits per heavy atom. The van der Waals surface area contributed by atoms with Gasteiger partial charge in [-0.1, -0.05) is 18.2 Å². The van der Waals surface area contributed by atoms with Crippen LogP contribution in [0, 0.1) is 15.9 Å². The molecule has 0 N–H and O–H groups in total. The minimum atomic E-state index is -0.445. The fourth-order valence-electron chi connectivity index (χ4n) is 3.29. The van der Waals surface area contributed by atoms with E-state index >= 15 is 0 Å². The molecule has 0 aromatic heterocycles. The van der Waals surface area contributed by atoms with Gasteiger partial charge in [0, 0.05) is 18.7 Å². The van der Waals surface area contributed by atoms with E-state index in [4.69, 9.17) is 4.74 Å². The number of hydrogen-bond acceptors (Lipinski definition) is 6. The molecule has 0 unspecified atom stereocenters. The maximum absolute atomic E-state index is 13.2. The molecule has 1 heterocycles. The normalized spacial score (nSPS) is 15.7. The molecule has 178 valence electrons. The van der Waals surface area contributed by atoms with E-state index < -0.39 is 4.92 Å². The summed E-state index contributed by atoms with van der Waals surface area (Å²) in [6, 6.07) is 17.5. The molecule has 0 saturated carbocycles. The molecule has 3 aromatic rings. The van der Waals surface area contributed by atoms with E-state index in [-0.39, 0.29) is 24.0 Å². The zero-order chi connectivity index (χ0) is 24.9. The second-order valence-corrected chi connectivity index (χ2v) is 9.30. The predicted octanol–water partition coefficient (Wildman–Crippen LogP) is 6.70. The van der Waals surface area contributed by atoms with Crippen molar-refractivity contribution in [1.82, 2.24) is 4.90 Å². The SMILES string of the molecule is CCN1C(=O)/C(=C\c2ccc(OCc3cccc([N+](=O)[O-])c3)c(Br)c2)SC1=Nc1ccc(F)cc1. The van der Waals surface area contributed by atoms with Crippen LogP contribution in [0.2, 0.25) is 0 Å². The van der Waals surface area contributed by atoms with Crippen molar-refractivity contribution in [1.29, 1.82) is 0 Å². The Kier molecular flexibility index (Phi) is 7.62. The second kappa shape index (κ2) is 10.8. The van der Waals surface area contributed by atoms with Crippen LogP contribution in [0.1, 0.15) is 18.1 Å². The molecule has 1 fully saturated rings. The number of amidine groups is 1. The number of amides is 1. The minimum absolute atomic E-state index is 0.00864. The fourth-order valence-corrected chi connectivity index (χ4v) is 4.87. The van der Waals surface area contributed by atoms with Crippen LogP contribution in [-0.4, -0.2) is 27.4 Å². The molecule has 1 aliphatic heterocycles. The van der Waals surface area contributed by atoms with Crippen molar-refractivity contribution < 1.29 is 18.8 Å². The van der Waals surface area contributed by atoms with Crippen LogP contribution >= 0.6 is 27.7 Å². The van der Waals surface area contributed by atoms with Crippen LogP contribution in [0.15, 0.2) is 81.1 Å². The summed E-state index contributed by atoms with van der Waals surface area (Å²) in [6.45, 7) is 2.49. The van der Waals surface area contributed by atoms with Gasteiger partial charge in [-0.15, -0.1) is 0 Å². The summed E-state index contributed by atoms with van der Waals surface area (Å²) in [5.74, 6) is 0.0680. The largest absolute Gasteiger partial charge is 0.488 e. The molecule has 1 amide bonds. The van der Waals surface area contributed by atoms with Gasteiger partial charge in [0.05, 0.1) is 20.0 Å². The molecular formula is C25H19BrFN3O4S. The Labute approximate surface area is 213 Å². The van der Waals surface area contributed by atoms with Crippen molar-refractivity contribution >= 4 is 56.2 Å². The number of carbonyl (C=O) groups is 1. The van der Waals surface area contributed by atoms with Crippen LogP contribution in [0.4, 0.5) is 15.8 Å². The van der Waals surface area contributed by atoms with Crippen LogP contribution in [0.3, 0.4) is 0 Å². The number of aliphatic imine (C=N–C) groups is 1. The van der Waals surface area contributed by atoms with E-state index in [0.717, 1.165) is 5.56 Å². The Morgan fingerprint density at radius 1 is 1.17 bits per heavy atom. The van der Waals surface area contributed by atoms with Gasteiger partial charge in [0.2, 0.25) is 0 Å². The van der Waals surface area contributed by atoms with E-state index in [0.29, 0.717) is 38.1 Å². The molecule has 3 aromatic carbocycles. The first-order valence-electron chi connectivity index (χ1n) is 10.6. The smallest absolute Gasteiger partial charge is 0.269 e. The van der Waals surface area contributed by atoms with Gasteiger partial charge in [0.15, 0.2) is 5.17 Å². The van der Waals surface area contributed by atoms with Gasteiger partial charge in [0.25, 0.3) is 11.6 Å². The number of carbonyl (C=O) groups excluding carboxylic acids is 1. The molecule has 0 bridgehead atoms. The molecule has 10 heteroatoms. The first kappa shape index (κ1) is 24.6. The summed E-state index contributed by atoms with van der Waals surface area (Å²) in [6.07, 6.45) is 1.78. The summed E-state index contributed by atoms with van der Waals surface area (Å²) in [5, 5.41) is 11.5. The third kappa shape index (κ3) is 5.95. The van der Waals surface area contributed by atoms with Gasteiger partial charge < -0.3 is 4.74 Å². The zero-order valence-electron chi connectivity index (χ0n) is 18.5. The lowest BCUT2D eigenvalue weighted by atomic mass is 10.2. The van der Waals surface area contributed by atoms with E-state index in [2.05, 4.69) is 20.9 Å². The molecular weight excluding hydrogens is 537 g/mol. The van der Waals surface area contributed by atoms with Gasteiger partial charge in [0.1, 0.15) is 18.2 Å².